The van der Waals surface area contributed by atoms with Crippen molar-refractivity contribution in [2.45, 2.75) is 45.1 Å². The Labute approximate surface area is 160 Å². The largest absolute Gasteiger partial charge is 0.376 e. The third-order valence-corrected chi connectivity index (χ3v) is 5.14. The van der Waals surface area contributed by atoms with Gasteiger partial charge in [0.15, 0.2) is 5.69 Å². The van der Waals surface area contributed by atoms with E-state index in [1.54, 1.807) is 17.9 Å². The highest BCUT2D eigenvalue weighted by Crippen LogP contribution is 2.15. The molecule has 0 aromatic carbocycles. The molecule has 0 bridgehead atoms. The monoisotopic (exact) mass is 378 g/mol. The van der Waals surface area contributed by atoms with Crippen LogP contribution in [0.3, 0.4) is 0 Å². The second-order valence-corrected chi connectivity index (χ2v) is 7.36. The fourth-order valence-corrected chi connectivity index (χ4v) is 3.62. The van der Waals surface area contributed by atoms with E-state index in [9.17, 15) is 9.59 Å². The molecule has 3 heterocycles. The van der Waals surface area contributed by atoms with Crippen molar-refractivity contribution in [2.75, 3.05) is 45.9 Å². The highest BCUT2D eigenvalue weighted by Gasteiger charge is 2.25. The van der Waals surface area contributed by atoms with E-state index in [1.165, 1.54) is 12.8 Å². The van der Waals surface area contributed by atoms with Gasteiger partial charge in [0, 0.05) is 45.3 Å². The second-order valence-electron chi connectivity index (χ2n) is 7.36. The molecule has 0 saturated carbocycles. The van der Waals surface area contributed by atoms with Crippen LogP contribution in [0.15, 0.2) is 10.6 Å². The first-order valence-electron chi connectivity index (χ1n) is 9.95. The van der Waals surface area contributed by atoms with Crippen LogP contribution >= 0.6 is 0 Å². The van der Waals surface area contributed by atoms with Gasteiger partial charge in [-0.3, -0.25) is 9.59 Å². The van der Waals surface area contributed by atoms with Crippen molar-refractivity contribution in [3.8, 4) is 0 Å². The van der Waals surface area contributed by atoms with Crippen molar-refractivity contribution in [2.24, 2.45) is 0 Å². The molecule has 2 amide bonds. The lowest BCUT2D eigenvalue weighted by Crippen LogP contribution is -2.40. The summed E-state index contributed by atoms with van der Waals surface area (Å²) in [6, 6.07) is 1.63. The van der Waals surface area contributed by atoms with Gasteiger partial charge >= 0.3 is 0 Å². The van der Waals surface area contributed by atoms with Crippen molar-refractivity contribution < 1.29 is 18.8 Å². The zero-order valence-corrected chi connectivity index (χ0v) is 16.1. The van der Waals surface area contributed by atoms with Gasteiger partial charge in [-0.15, -0.1) is 0 Å². The average Bonchev–Trinajstić information content (AvgIpc) is 3.41. The molecule has 0 aliphatic carbocycles. The molecule has 8 heteroatoms. The van der Waals surface area contributed by atoms with Gasteiger partial charge in [0.1, 0.15) is 5.76 Å². The predicted molar refractivity (Wildman–Crippen MR) is 99.4 cm³/mol. The fraction of sp³-hybridized carbons (Fsp3) is 0.737. The Morgan fingerprint density at radius 2 is 2.15 bits per heavy atom. The van der Waals surface area contributed by atoms with E-state index in [-0.39, 0.29) is 30.0 Å². The molecule has 150 valence electrons. The van der Waals surface area contributed by atoms with Gasteiger partial charge in [0.2, 0.25) is 5.91 Å². The van der Waals surface area contributed by atoms with Crippen LogP contribution in [0, 0.1) is 6.92 Å². The van der Waals surface area contributed by atoms with Gasteiger partial charge in [-0.2, -0.15) is 0 Å². The minimum Gasteiger partial charge on any atom is -0.376 e. The Morgan fingerprint density at radius 1 is 1.33 bits per heavy atom. The van der Waals surface area contributed by atoms with Gasteiger partial charge < -0.3 is 24.4 Å². The molecule has 2 aliphatic rings. The molecular formula is C19H30N4O4. The summed E-state index contributed by atoms with van der Waals surface area (Å²) < 4.78 is 10.7. The van der Waals surface area contributed by atoms with E-state index in [0.29, 0.717) is 25.4 Å². The van der Waals surface area contributed by atoms with Gasteiger partial charge in [-0.25, -0.2) is 0 Å². The standard InChI is InChI=1S/C19H30N4O4/c1-15-13-17(21-27-15)19(25)23(14-16-5-4-12-26-16)10-6-18(24)20-7-11-22-8-2-3-9-22/h13,16H,2-12,14H2,1H3,(H,20,24). The summed E-state index contributed by atoms with van der Waals surface area (Å²) in [5, 5.41) is 6.78. The molecule has 3 rings (SSSR count). The fourth-order valence-electron chi connectivity index (χ4n) is 3.62. The number of likely N-dealkylation sites (tertiary alicyclic amines) is 1. The molecule has 1 aromatic rings. The van der Waals surface area contributed by atoms with Crippen molar-refractivity contribution in [3.05, 3.63) is 17.5 Å². The van der Waals surface area contributed by atoms with E-state index in [0.717, 1.165) is 39.1 Å². The van der Waals surface area contributed by atoms with Gasteiger partial charge in [-0.1, -0.05) is 5.16 Å². The lowest BCUT2D eigenvalue weighted by Gasteiger charge is -2.24. The summed E-state index contributed by atoms with van der Waals surface area (Å²) >= 11 is 0. The first-order valence-corrected chi connectivity index (χ1v) is 9.95. The molecule has 27 heavy (non-hydrogen) atoms. The van der Waals surface area contributed by atoms with Crippen LogP contribution in [0.2, 0.25) is 0 Å². The molecule has 2 fully saturated rings. The minimum absolute atomic E-state index is 0.0279. The quantitative estimate of drug-likeness (QED) is 0.695. The molecule has 0 radical (unpaired) electrons. The molecule has 1 unspecified atom stereocenters. The average molecular weight is 378 g/mol. The Balaban J connectivity index is 1.47. The van der Waals surface area contributed by atoms with Crippen LogP contribution in [0.25, 0.3) is 0 Å². The molecule has 8 nitrogen and oxygen atoms in total. The first-order chi connectivity index (χ1) is 13.1. The van der Waals surface area contributed by atoms with E-state index in [4.69, 9.17) is 9.26 Å². The molecule has 2 saturated heterocycles. The highest BCUT2D eigenvalue weighted by atomic mass is 16.5. The van der Waals surface area contributed by atoms with Crippen molar-refractivity contribution in [1.82, 2.24) is 20.3 Å². The SMILES string of the molecule is Cc1cc(C(=O)N(CCC(=O)NCCN2CCCC2)CC2CCCO2)no1. The zero-order chi connectivity index (χ0) is 19.1. The maximum absolute atomic E-state index is 12.8. The highest BCUT2D eigenvalue weighted by molar-refractivity contribution is 5.92. The second kappa shape index (κ2) is 9.85. The zero-order valence-electron chi connectivity index (χ0n) is 16.1. The number of carbonyl (C=O) groups excluding carboxylic acids is 2. The Morgan fingerprint density at radius 3 is 2.81 bits per heavy atom. The lowest BCUT2D eigenvalue weighted by molar-refractivity contribution is -0.121. The van der Waals surface area contributed by atoms with E-state index in [1.807, 2.05) is 0 Å². The maximum Gasteiger partial charge on any atom is 0.276 e. The van der Waals surface area contributed by atoms with Crippen LogP contribution in [-0.4, -0.2) is 78.8 Å². The van der Waals surface area contributed by atoms with Crippen LogP contribution in [-0.2, 0) is 9.53 Å². The third kappa shape index (κ3) is 6.04. The van der Waals surface area contributed by atoms with E-state index in [2.05, 4.69) is 15.4 Å². The van der Waals surface area contributed by atoms with Gasteiger partial charge in [0.25, 0.3) is 5.91 Å². The van der Waals surface area contributed by atoms with Gasteiger partial charge in [0.05, 0.1) is 6.10 Å². The number of carbonyl (C=O) groups is 2. The van der Waals surface area contributed by atoms with Gasteiger partial charge in [-0.05, 0) is 45.7 Å². The summed E-state index contributed by atoms with van der Waals surface area (Å²) in [5.74, 6) is 0.345. The number of amides is 2. The minimum atomic E-state index is -0.216. The van der Waals surface area contributed by atoms with Crippen LogP contribution in [0.4, 0.5) is 0 Å². The van der Waals surface area contributed by atoms with Crippen LogP contribution in [0.5, 0.6) is 0 Å². The summed E-state index contributed by atoms with van der Waals surface area (Å²) in [6.07, 6.45) is 4.73. The molecule has 1 atom stereocenters. The number of nitrogens with zero attached hydrogens (tertiary/aromatic N) is 3. The Bertz CT molecular complexity index is 621. The Hall–Kier alpha value is -1.93. The third-order valence-electron chi connectivity index (χ3n) is 5.14. The number of nitrogens with one attached hydrogen (secondary N) is 1. The number of rotatable bonds is 9. The smallest absolute Gasteiger partial charge is 0.276 e. The number of hydrogen-bond acceptors (Lipinski definition) is 6. The number of ether oxygens (including phenoxy) is 1. The Kier molecular flexibility index (Phi) is 7.23. The van der Waals surface area contributed by atoms with Crippen molar-refractivity contribution in [1.29, 1.82) is 0 Å². The normalized spacial score (nSPS) is 20.1. The van der Waals surface area contributed by atoms with E-state index >= 15 is 0 Å². The topological polar surface area (TPSA) is 87.9 Å². The van der Waals surface area contributed by atoms with Crippen LogP contribution < -0.4 is 5.32 Å². The molecule has 0 spiro atoms. The van der Waals surface area contributed by atoms with Crippen molar-refractivity contribution >= 4 is 11.8 Å². The number of aromatic nitrogens is 1. The van der Waals surface area contributed by atoms with E-state index < -0.39 is 0 Å². The number of hydrogen-bond donors (Lipinski definition) is 1. The molecule has 1 aromatic heterocycles. The van der Waals surface area contributed by atoms with Crippen LogP contribution in [0.1, 0.15) is 48.4 Å². The molecule has 1 N–H and O–H groups in total. The maximum atomic E-state index is 12.8. The van der Waals surface area contributed by atoms with Crippen molar-refractivity contribution in [3.63, 3.8) is 0 Å². The molecule has 2 aliphatic heterocycles. The molecular weight excluding hydrogens is 348 g/mol. The summed E-state index contributed by atoms with van der Waals surface area (Å²) in [4.78, 5) is 29.0. The lowest BCUT2D eigenvalue weighted by atomic mass is 10.2. The summed E-state index contributed by atoms with van der Waals surface area (Å²) in [7, 11) is 0. The summed E-state index contributed by atoms with van der Waals surface area (Å²) in [5.41, 5.74) is 0.278. The predicted octanol–water partition coefficient (Wildman–Crippen LogP) is 1.21. The first kappa shape index (κ1) is 19.8. The number of aryl methyl sites for hydroxylation is 1. The summed E-state index contributed by atoms with van der Waals surface area (Å²) in [6.45, 7) is 7.09.